The van der Waals surface area contributed by atoms with E-state index in [-0.39, 0.29) is 24.5 Å². The summed E-state index contributed by atoms with van der Waals surface area (Å²) in [5, 5.41) is 13.5. The molecular weight excluding hydrogens is 334 g/mol. The molecule has 0 aliphatic heterocycles. The van der Waals surface area contributed by atoms with E-state index >= 15 is 0 Å². The highest BCUT2D eigenvalue weighted by Gasteiger charge is 2.17. The fourth-order valence-corrected chi connectivity index (χ4v) is 2.19. The zero-order valence-electron chi connectivity index (χ0n) is 13.4. The molecule has 1 atom stereocenters. The highest BCUT2D eigenvalue weighted by molar-refractivity contribution is 5.80. The zero-order chi connectivity index (χ0) is 18.4. The SMILES string of the molecule is CC(COc1ccc(F)cc1F)NC(=O)Cc1ccccc1[N+](=O)[O-]. The number of nitro benzene ring substituents is 1. The normalized spacial score (nSPS) is 11.6. The predicted octanol–water partition coefficient (Wildman–Crippen LogP) is 3.00. The first-order valence-corrected chi connectivity index (χ1v) is 7.46. The molecule has 0 aromatic heterocycles. The lowest BCUT2D eigenvalue weighted by molar-refractivity contribution is -0.385. The lowest BCUT2D eigenvalue weighted by Crippen LogP contribution is -2.37. The minimum Gasteiger partial charge on any atom is -0.488 e. The van der Waals surface area contributed by atoms with Gasteiger partial charge in [0.15, 0.2) is 11.6 Å². The summed E-state index contributed by atoms with van der Waals surface area (Å²) < 4.78 is 31.5. The summed E-state index contributed by atoms with van der Waals surface area (Å²) in [7, 11) is 0. The van der Waals surface area contributed by atoms with Gasteiger partial charge in [-0.1, -0.05) is 18.2 Å². The maximum absolute atomic E-state index is 13.5. The van der Waals surface area contributed by atoms with E-state index in [1.807, 2.05) is 0 Å². The summed E-state index contributed by atoms with van der Waals surface area (Å²) >= 11 is 0. The van der Waals surface area contributed by atoms with Crippen molar-refractivity contribution in [3.63, 3.8) is 0 Å². The van der Waals surface area contributed by atoms with Gasteiger partial charge in [0.2, 0.25) is 5.91 Å². The molecule has 0 aliphatic rings. The first-order chi connectivity index (χ1) is 11.9. The van der Waals surface area contributed by atoms with Gasteiger partial charge in [-0.3, -0.25) is 14.9 Å². The quantitative estimate of drug-likeness (QED) is 0.615. The number of rotatable bonds is 7. The molecule has 0 fully saturated rings. The second-order valence-electron chi connectivity index (χ2n) is 5.42. The van der Waals surface area contributed by atoms with Gasteiger partial charge in [-0.05, 0) is 19.1 Å². The first kappa shape index (κ1) is 18.3. The first-order valence-electron chi connectivity index (χ1n) is 7.46. The van der Waals surface area contributed by atoms with Crippen LogP contribution in [0, 0.1) is 21.7 Å². The maximum Gasteiger partial charge on any atom is 0.273 e. The van der Waals surface area contributed by atoms with Gasteiger partial charge in [0, 0.05) is 17.7 Å². The Hall–Kier alpha value is -3.03. The molecule has 8 heteroatoms. The molecule has 132 valence electrons. The molecule has 0 bridgehead atoms. The summed E-state index contributed by atoms with van der Waals surface area (Å²) in [5.74, 6) is -2.10. The maximum atomic E-state index is 13.5. The van der Waals surface area contributed by atoms with Crippen molar-refractivity contribution in [3.05, 3.63) is 69.8 Å². The van der Waals surface area contributed by atoms with Crippen LogP contribution < -0.4 is 10.1 Å². The Morgan fingerprint density at radius 3 is 2.68 bits per heavy atom. The highest BCUT2D eigenvalue weighted by atomic mass is 19.1. The average Bonchev–Trinajstić information content (AvgIpc) is 2.54. The van der Waals surface area contributed by atoms with Crippen LogP contribution >= 0.6 is 0 Å². The summed E-state index contributed by atoms with van der Waals surface area (Å²) in [4.78, 5) is 22.4. The van der Waals surface area contributed by atoms with Crippen LogP contribution in [0.2, 0.25) is 0 Å². The summed E-state index contributed by atoms with van der Waals surface area (Å²) in [6, 6.07) is 8.42. The fraction of sp³-hybridized carbons (Fsp3) is 0.235. The molecule has 0 radical (unpaired) electrons. The molecule has 0 saturated heterocycles. The van der Waals surface area contributed by atoms with Crippen LogP contribution in [0.15, 0.2) is 42.5 Å². The van der Waals surface area contributed by atoms with Gasteiger partial charge in [0.25, 0.3) is 5.69 Å². The van der Waals surface area contributed by atoms with Crippen LogP contribution in [-0.4, -0.2) is 23.5 Å². The van der Waals surface area contributed by atoms with Crippen molar-refractivity contribution >= 4 is 11.6 Å². The topological polar surface area (TPSA) is 81.5 Å². The number of hydrogen-bond acceptors (Lipinski definition) is 4. The number of nitrogens with zero attached hydrogens (tertiary/aromatic N) is 1. The summed E-state index contributed by atoms with van der Waals surface area (Å²) in [6.45, 7) is 1.60. The number of carbonyl (C=O) groups is 1. The molecule has 0 aliphatic carbocycles. The van der Waals surface area contributed by atoms with E-state index in [0.717, 1.165) is 12.1 Å². The van der Waals surface area contributed by atoms with Gasteiger partial charge < -0.3 is 10.1 Å². The minimum atomic E-state index is -0.835. The number of para-hydroxylation sites is 1. The second kappa shape index (κ2) is 8.18. The summed E-state index contributed by atoms with van der Waals surface area (Å²) in [6.07, 6.45) is -0.160. The fourth-order valence-electron chi connectivity index (χ4n) is 2.19. The van der Waals surface area contributed by atoms with Crippen molar-refractivity contribution in [2.45, 2.75) is 19.4 Å². The van der Waals surface area contributed by atoms with E-state index in [2.05, 4.69) is 5.32 Å². The Bertz CT molecular complexity index is 783. The molecular formula is C17H16F2N2O4. The number of hydrogen-bond donors (Lipinski definition) is 1. The van der Waals surface area contributed by atoms with Gasteiger partial charge in [-0.25, -0.2) is 8.78 Å². The smallest absolute Gasteiger partial charge is 0.273 e. The lowest BCUT2D eigenvalue weighted by Gasteiger charge is -2.15. The van der Waals surface area contributed by atoms with Crippen LogP contribution in [-0.2, 0) is 11.2 Å². The Labute approximate surface area is 142 Å². The van der Waals surface area contributed by atoms with Crippen LogP contribution in [0.1, 0.15) is 12.5 Å². The number of halogens is 2. The van der Waals surface area contributed by atoms with Crippen molar-refractivity contribution in [1.29, 1.82) is 0 Å². The van der Waals surface area contributed by atoms with Crippen molar-refractivity contribution < 1.29 is 23.2 Å². The Morgan fingerprint density at radius 2 is 2.00 bits per heavy atom. The van der Waals surface area contributed by atoms with Crippen LogP contribution in [0.3, 0.4) is 0 Å². The Kier molecular flexibility index (Phi) is 5.99. The van der Waals surface area contributed by atoms with Crippen LogP contribution in [0.25, 0.3) is 0 Å². The third-order valence-electron chi connectivity index (χ3n) is 3.33. The number of nitrogens with one attached hydrogen (secondary N) is 1. The van der Waals surface area contributed by atoms with E-state index in [4.69, 9.17) is 4.74 Å². The molecule has 0 saturated carbocycles. The third kappa shape index (κ3) is 5.23. The molecule has 1 amide bonds. The number of nitro groups is 1. The van der Waals surface area contributed by atoms with Crippen molar-refractivity contribution in [3.8, 4) is 5.75 Å². The van der Waals surface area contributed by atoms with E-state index in [9.17, 15) is 23.7 Å². The monoisotopic (exact) mass is 350 g/mol. The molecule has 0 heterocycles. The molecule has 1 N–H and O–H groups in total. The lowest BCUT2D eigenvalue weighted by atomic mass is 10.1. The number of amides is 1. The van der Waals surface area contributed by atoms with Gasteiger partial charge >= 0.3 is 0 Å². The average molecular weight is 350 g/mol. The molecule has 0 spiro atoms. The molecule has 1 unspecified atom stereocenters. The van der Waals surface area contributed by atoms with Crippen molar-refractivity contribution in [2.24, 2.45) is 0 Å². The van der Waals surface area contributed by atoms with E-state index in [1.165, 1.54) is 18.2 Å². The number of benzene rings is 2. The number of ether oxygens (including phenoxy) is 1. The molecule has 6 nitrogen and oxygen atoms in total. The minimum absolute atomic E-state index is 0.0365. The van der Waals surface area contributed by atoms with Crippen molar-refractivity contribution in [2.75, 3.05) is 6.61 Å². The molecule has 2 aromatic carbocycles. The summed E-state index contributed by atoms with van der Waals surface area (Å²) in [5.41, 5.74) is 0.164. The van der Waals surface area contributed by atoms with E-state index in [1.54, 1.807) is 13.0 Å². The second-order valence-corrected chi connectivity index (χ2v) is 5.42. The molecule has 25 heavy (non-hydrogen) atoms. The van der Waals surface area contributed by atoms with E-state index in [0.29, 0.717) is 11.6 Å². The van der Waals surface area contributed by atoms with E-state index < -0.39 is 28.5 Å². The Balaban J connectivity index is 1.89. The van der Waals surface area contributed by atoms with Crippen LogP contribution in [0.4, 0.5) is 14.5 Å². The van der Waals surface area contributed by atoms with Crippen LogP contribution in [0.5, 0.6) is 5.75 Å². The Morgan fingerprint density at radius 1 is 1.28 bits per heavy atom. The highest BCUT2D eigenvalue weighted by Crippen LogP contribution is 2.19. The third-order valence-corrected chi connectivity index (χ3v) is 3.33. The molecule has 2 rings (SSSR count). The van der Waals surface area contributed by atoms with Gasteiger partial charge in [-0.2, -0.15) is 0 Å². The van der Waals surface area contributed by atoms with Crippen molar-refractivity contribution in [1.82, 2.24) is 5.32 Å². The standard InChI is InChI=1S/C17H16F2N2O4/c1-11(10-25-16-7-6-13(18)9-14(16)19)20-17(22)8-12-4-2-3-5-15(12)21(23)24/h2-7,9,11H,8,10H2,1H3,(H,20,22). The van der Waals surface area contributed by atoms with Gasteiger partial charge in [0.05, 0.1) is 17.4 Å². The molecule has 2 aromatic rings. The number of carbonyl (C=O) groups excluding carboxylic acids is 1. The van der Waals surface area contributed by atoms with Gasteiger partial charge in [-0.15, -0.1) is 0 Å². The van der Waals surface area contributed by atoms with Gasteiger partial charge in [0.1, 0.15) is 12.4 Å². The predicted molar refractivity (Wildman–Crippen MR) is 86.3 cm³/mol. The largest absolute Gasteiger partial charge is 0.488 e. The zero-order valence-corrected chi connectivity index (χ0v) is 13.4.